The lowest BCUT2D eigenvalue weighted by Gasteiger charge is -2.02. The van der Waals surface area contributed by atoms with Gasteiger partial charge in [-0.25, -0.2) is 4.68 Å². The van der Waals surface area contributed by atoms with Gasteiger partial charge in [0.2, 0.25) is 0 Å². The van der Waals surface area contributed by atoms with E-state index in [0.717, 1.165) is 11.1 Å². The number of H-pyrrole nitrogens is 1. The van der Waals surface area contributed by atoms with Gasteiger partial charge in [-0.2, -0.15) is 0 Å². The molecule has 0 fully saturated rings. The number of nitrogens with zero attached hydrogens (tertiary/aromatic N) is 1. The lowest BCUT2D eigenvalue weighted by atomic mass is 10.1. The predicted octanol–water partition coefficient (Wildman–Crippen LogP) is 2.47. The smallest absolute Gasteiger partial charge is 0.290 e. The fraction of sp³-hybridized carbons (Fsp3) is 0.0625. The molecule has 3 aromatic rings. The maximum absolute atomic E-state index is 12.2. The van der Waals surface area contributed by atoms with Crippen LogP contribution in [0, 0.1) is 0 Å². The topological polar surface area (TPSA) is 63.8 Å². The number of aromatic amines is 1. The molecule has 1 heterocycles. The summed E-state index contributed by atoms with van der Waals surface area (Å²) >= 11 is 0. The number of nitrogens with one attached hydrogen (secondary N) is 1. The molecule has 2 aromatic carbocycles. The summed E-state index contributed by atoms with van der Waals surface area (Å²) < 4.78 is 1.53. The van der Waals surface area contributed by atoms with E-state index in [9.17, 15) is 4.79 Å². The third kappa shape index (κ3) is 2.23. The van der Waals surface area contributed by atoms with Crippen LogP contribution in [0.15, 0.2) is 65.5 Å². The number of rotatable bonds is 3. The Bertz CT molecular complexity index is 757. The highest BCUT2D eigenvalue weighted by atomic mass is 16.1. The fourth-order valence-electron chi connectivity index (χ4n) is 2.20. The summed E-state index contributed by atoms with van der Waals surface area (Å²) in [7, 11) is 0. The zero-order valence-electron chi connectivity index (χ0n) is 10.9. The van der Waals surface area contributed by atoms with E-state index < -0.39 is 0 Å². The Morgan fingerprint density at radius 3 is 2.20 bits per heavy atom. The Kier molecular flexibility index (Phi) is 3.13. The van der Waals surface area contributed by atoms with Crippen LogP contribution in [0.5, 0.6) is 0 Å². The second-order valence-electron chi connectivity index (χ2n) is 4.64. The molecule has 100 valence electrons. The second kappa shape index (κ2) is 5.09. The molecule has 0 radical (unpaired) electrons. The summed E-state index contributed by atoms with van der Waals surface area (Å²) in [6.45, 7) is 0.483. The van der Waals surface area contributed by atoms with Crippen molar-refractivity contribution in [3.8, 4) is 11.3 Å². The molecular weight excluding hydrogens is 250 g/mol. The summed E-state index contributed by atoms with van der Waals surface area (Å²) in [5.74, 6) is 0. The molecule has 3 rings (SSSR count). The zero-order chi connectivity index (χ0) is 13.9. The highest BCUT2D eigenvalue weighted by molar-refractivity contribution is 5.71. The van der Waals surface area contributed by atoms with Crippen LogP contribution in [0.1, 0.15) is 5.56 Å². The van der Waals surface area contributed by atoms with Gasteiger partial charge >= 0.3 is 0 Å². The molecule has 4 heteroatoms. The molecule has 0 saturated heterocycles. The highest BCUT2D eigenvalue weighted by Crippen LogP contribution is 2.20. The number of hydrogen-bond acceptors (Lipinski definition) is 2. The van der Waals surface area contributed by atoms with Gasteiger partial charge in [-0.15, -0.1) is 0 Å². The average Bonchev–Trinajstić information content (AvgIpc) is 2.78. The van der Waals surface area contributed by atoms with Gasteiger partial charge in [-0.3, -0.25) is 9.89 Å². The first-order valence-electron chi connectivity index (χ1n) is 6.43. The number of nitrogens with two attached hydrogens (primary N) is 1. The van der Waals surface area contributed by atoms with Crippen molar-refractivity contribution < 1.29 is 0 Å². The first kappa shape index (κ1) is 12.3. The Morgan fingerprint density at radius 1 is 0.950 bits per heavy atom. The molecule has 0 spiro atoms. The van der Waals surface area contributed by atoms with E-state index in [2.05, 4.69) is 5.10 Å². The summed E-state index contributed by atoms with van der Waals surface area (Å²) in [6, 6.07) is 19.4. The van der Waals surface area contributed by atoms with Gasteiger partial charge in [-0.05, 0) is 5.56 Å². The monoisotopic (exact) mass is 265 g/mol. The number of nitrogen functional groups attached to an aromatic ring is 1. The third-order valence-electron chi connectivity index (χ3n) is 3.24. The fourth-order valence-corrected chi connectivity index (χ4v) is 2.20. The average molecular weight is 265 g/mol. The standard InChI is InChI=1S/C16H15N3O/c17-14-15(13-9-5-2-6-10-13)18-19(16(14)20)11-12-7-3-1-4-8-12/h1-10,18H,11,17H2. The van der Waals surface area contributed by atoms with Gasteiger partial charge in [0.05, 0.1) is 12.2 Å². The van der Waals surface area contributed by atoms with Crippen LogP contribution in [-0.4, -0.2) is 9.78 Å². The van der Waals surface area contributed by atoms with Crippen molar-refractivity contribution in [1.29, 1.82) is 0 Å². The minimum Gasteiger partial charge on any atom is -0.392 e. The van der Waals surface area contributed by atoms with Gasteiger partial charge in [-0.1, -0.05) is 60.7 Å². The van der Waals surface area contributed by atoms with Crippen molar-refractivity contribution in [2.45, 2.75) is 6.54 Å². The van der Waals surface area contributed by atoms with Gasteiger partial charge < -0.3 is 5.73 Å². The SMILES string of the molecule is Nc1c(-c2ccccc2)[nH]n(Cc2ccccc2)c1=O. The molecule has 0 aliphatic carbocycles. The molecule has 0 aliphatic rings. The lowest BCUT2D eigenvalue weighted by Crippen LogP contribution is -2.19. The van der Waals surface area contributed by atoms with E-state index in [1.807, 2.05) is 60.7 Å². The van der Waals surface area contributed by atoms with Crippen molar-refractivity contribution >= 4 is 5.69 Å². The van der Waals surface area contributed by atoms with Crippen molar-refractivity contribution in [2.75, 3.05) is 5.73 Å². The Morgan fingerprint density at radius 2 is 1.55 bits per heavy atom. The normalized spacial score (nSPS) is 10.6. The predicted molar refractivity (Wildman–Crippen MR) is 80.4 cm³/mol. The first-order valence-corrected chi connectivity index (χ1v) is 6.43. The van der Waals surface area contributed by atoms with Gasteiger partial charge in [0, 0.05) is 5.56 Å². The Labute approximate surface area is 116 Å². The van der Waals surface area contributed by atoms with Crippen LogP contribution in [-0.2, 0) is 6.54 Å². The molecule has 1 aromatic heterocycles. The van der Waals surface area contributed by atoms with Crippen LogP contribution < -0.4 is 11.3 Å². The van der Waals surface area contributed by atoms with Gasteiger partial charge in [0.1, 0.15) is 5.69 Å². The Balaban J connectivity index is 2.01. The molecule has 20 heavy (non-hydrogen) atoms. The Hall–Kier alpha value is -2.75. The van der Waals surface area contributed by atoms with Crippen LogP contribution in [0.2, 0.25) is 0 Å². The first-order chi connectivity index (χ1) is 9.75. The van der Waals surface area contributed by atoms with E-state index >= 15 is 0 Å². The molecule has 0 bridgehead atoms. The van der Waals surface area contributed by atoms with E-state index in [0.29, 0.717) is 12.2 Å². The van der Waals surface area contributed by atoms with E-state index in [1.165, 1.54) is 4.68 Å². The zero-order valence-corrected chi connectivity index (χ0v) is 10.9. The van der Waals surface area contributed by atoms with Gasteiger partial charge in [0.15, 0.2) is 0 Å². The molecule has 0 aliphatic heterocycles. The molecule has 0 atom stereocenters. The van der Waals surface area contributed by atoms with Crippen LogP contribution in [0.25, 0.3) is 11.3 Å². The molecule has 3 N–H and O–H groups in total. The summed E-state index contributed by atoms with van der Waals surface area (Å²) in [4.78, 5) is 12.2. The van der Waals surface area contributed by atoms with Crippen molar-refractivity contribution in [2.24, 2.45) is 0 Å². The van der Waals surface area contributed by atoms with Crippen LogP contribution in [0.3, 0.4) is 0 Å². The van der Waals surface area contributed by atoms with Crippen LogP contribution in [0.4, 0.5) is 5.69 Å². The minimum absolute atomic E-state index is 0.187. The molecule has 0 saturated carbocycles. The number of hydrogen-bond donors (Lipinski definition) is 2. The lowest BCUT2D eigenvalue weighted by molar-refractivity contribution is 0.666. The van der Waals surface area contributed by atoms with Crippen molar-refractivity contribution in [1.82, 2.24) is 9.78 Å². The number of anilines is 1. The maximum Gasteiger partial charge on any atom is 0.290 e. The van der Waals surface area contributed by atoms with E-state index in [-0.39, 0.29) is 11.2 Å². The third-order valence-corrected chi connectivity index (χ3v) is 3.24. The summed E-state index contributed by atoms with van der Waals surface area (Å²) in [6.07, 6.45) is 0. The van der Waals surface area contributed by atoms with Gasteiger partial charge in [0.25, 0.3) is 5.56 Å². The largest absolute Gasteiger partial charge is 0.392 e. The number of aromatic nitrogens is 2. The second-order valence-corrected chi connectivity index (χ2v) is 4.64. The van der Waals surface area contributed by atoms with Crippen molar-refractivity contribution in [3.63, 3.8) is 0 Å². The highest BCUT2D eigenvalue weighted by Gasteiger charge is 2.12. The summed E-state index contributed by atoms with van der Waals surface area (Å²) in [5.41, 5.74) is 8.63. The molecular formula is C16H15N3O. The number of benzene rings is 2. The minimum atomic E-state index is -0.187. The van der Waals surface area contributed by atoms with E-state index in [1.54, 1.807) is 0 Å². The van der Waals surface area contributed by atoms with E-state index in [4.69, 9.17) is 5.73 Å². The van der Waals surface area contributed by atoms with Crippen LogP contribution >= 0.6 is 0 Å². The molecule has 0 amide bonds. The molecule has 0 unspecified atom stereocenters. The molecule has 4 nitrogen and oxygen atoms in total. The summed E-state index contributed by atoms with van der Waals surface area (Å²) in [5, 5.41) is 3.09. The van der Waals surface area contributed by atoms with Crippen molar-refractivity contribution in [3.05, 3.63) is 76.6 Å². The maximum atomic E-state index is 12.2. The quantitative estimate of drug-likeness (QED) is 0.764.